The van der Waals surface area contributed by atoms with Crippen LogP contribution in [0, 0.1) is 5.82 Å². The van der Waals surface area contributed by atoms with Crippen molar-refractivity contribution in [2.75, 3.05) is 13.2 Å². The van der Waals surface area contributed by atoms with E-state index in [1.54, 1.807) is 0 Å². The fourth-order valence-electron chi connectivity index (χ4n) is 3.71. The van der Waals surface area contributed by atoms with Crippen LogP contribution >= 0.6 is 0 Å². The summed E-state index contributed by atoms with van der Waals surface area (Å²) in [5.74, 6) is -2.67. The lowest BCUT2D eigenvalue weighted by Gasteiger charge is -2.17. The van der Waals surface area contributed by atoms with E-state index < -0.39 is 35.5 Å². The summed E-state index contributed by atoms with van der Waals surface area (Å²) in [6, 6.07) is 9.02. The van der Waals surface area contributed by atoms with Crippen molar-refractivity contribution in [2.24, 2.45) is 0 Å². The van der Waals surface area contributed by atoms with Crippen molar-refractivity contribution >= 4 is 23.6 Å². The molecule has 8 heteroatoms. The van der Waals surface area contributed by atoms with Gasteiger partial charge in [-0.3, -0.25) is 19.3 Å². The molecule has 2 aromatic rings. The van der Waals surface area contributed by atoms with Crippen LogP contribution in [0.5, 0.6) is 0 Å². The summed E-state index contributed by atoms with van der Waals surface area (Å²) in [5.41, 5.74) is 0.601. The van der Waals surface area contributed by atoms with Gasteiger partial charge < -0.3 is 9.47 Å². The Bertz CT molecular complexity index is 1060. The molecule has 0 aromatic heterocycles. The quantitative estimate of drug-likeness (QED) is 0.402. The second kappa shape index (κ2) is 8.39. The van der Waals surface area contributed by atoms with E-state index in [0.717, 1.165) is 29.9 Å². The number of ether oxygens (including phenoxy) is 2. The van der Waals surface area contributed by atoms with Crippen LogP contribution in [-0.2, 0) is 9.47 Å². The third-order valence-corrected chi connectivity index (χ3v) is 5.40. The fraction of sp³-hybridized carbons (Fsp3) is 0.304. The molecular formula is C23H20FNO6. The topological polar surface area (TPSA) is 90.0 Å². The molecule has 0 bridgehead atoms. The molecule has 4 rings (SSSR count). The average Bonchev–Trinajstić information content (AvgIpc) is 3.36. The summed E-state index contributed by atoms with van der Waals surface area (Å²) in [5, 5.41) is 0. The number of imide groups is 1. The molecule has 0 unspecified atom stereocenters. The summed E-state index contributed by atoms with van der Waals surface area (Å²) in [7, 11) is 0. The number of rotatable bonds is 6. The molecule has 2 amide bonds. The Labute approximate surface area is 177 Å². The summed E-state index contributed by atoms with van der Waals surface area (Å²) in [6.45, 7) is 2.20. The number of carbonyl (C=O) groups is 4. The molecule has 0 saturated carbocycles. The number of halogens is 1. The Kier molecular flexibility index (Phi) is 5.65. The number of carbonyl (C=O) groups excluding carboxylic acids is 4. The molecular weight excluding hydrogens is 405 g/mol. The third-order valence-electron chi connectivity index (χ3n) is 5.40. The first-order chi connectivity index (χ1) is 14.8. The maximum Gasteiger partial charge on any atom is 0.338 e. The Morgan fingerprint density at radius 1 is 1.10 bits per heavy atom. The number of benzene rings is 2. The molecule has 2 atom stereocenters. The van der Waals surface area contributed by atoms with Gasteiger partial charge in [-0.1, -0.05) is 0 Å². The Morgan fingerprint density at radius 2 is 1.77 bits per heavy atom. The van der Waals surface area contributed by atoms with Crippen LogP contribution in [-0.4, -0.2) is 53.8 Å². The zero-order valence-corrected chi connectivity index (χ0v) is 16.8. The van der Waals surface area contributed by atoms with Crippen LogP contribution in [0.3, 0.4) is 0 Å². The van der Waals surface area contributed by atoms with E-state index in [1.807, 2.05) is 0 Å². The monoisotopic (exact) mass is 425 g/mol. The largest absolute Gasteiger partial charge is 0.451 e. The minimum Gasteiger partial charge on any atom is -0.451 e. The number of ketones is 1. The van der Waals surface area contributed by atoms with Crippen molar-refractivity contribution in [3.8, 4) is 0 Å². The predicted molar refractivity (Wildman–Crippen MR) is 106 cm³/mol. The normalized spacial score (nSPS) is 18.8. The standard InChI is InChI=1S/C23H20FNO6/c1-13(20(26)14-4-7-16(24)8-5-14)31-23(29)15-6-9-18-19(11-15)22(28)25(21(18)27)12-17-3-2-10-30-17/h4-9,11,13,17H,2-3,10,12H2,1H3/t13-,17-/m0/s1. The van der Waals surface area contributed by atoms with Crippen LogP contribution in [0.15, 0.2) is 42.5 Å². The SMILES string of the molecule is C[C@H](OC(=O)c1ccc2c(c1)C(=O)N(C[C@@H]1CCCO1)C2=O)C(=O)c1ccc(F)cc1. The lowest BCUT2D eigenvalue weighted by molar-refractivity contribution is 0.0318. The zero-order chi connectivity index (χ0) is 22.1. The van der Waals surface area contributed by atoms with Crippen LogP contribution in [0.25, 0.3) is 0 Å². The Balaban J connectivity index is 1.46. The van der Waals surface area contributed by atoms with E-state index in [0.29, 0.717) is 6.61 Å². The Morgan fingerprint density at radius 3 is 2.45 bits per heavy atom. The van der Waals surface area contributed by atoms with Crippen molar-refractivity contribution in [1.82, 2.24) is 4.90 Å². The maximum atomic E-state index is 13.0. The number of fused-ring (bicyclic) bond motifs is 1. The van der Waals surface area contributed by atoms with Gasteiger partial charge in [0.2, 0.25) is 5.78 Å². The summed E-state index contributed by atoms with van der Waals surface area (Å²) < 4.78 is 23.8. The first-order valence-electron chi connectivity index (χ1n) is 9.98. The van der Waals surface area contributed by atoms with Crippen molar-refractivity contribution in [3.05, 3.63) is 70.5 Å². The molecule has 2 aliphatic rings. The molecule has 0 N–H and O–H groups in total. The number of esters is 1. The van der Waals surface area contributed by atoms with E-state index >= 15 is 0 Å². The van der Waals surface area contributed by atoms with Gasteiger partial charge in [-0.15, -0.1) is 0 Å². The lowest BCUT2D eigenvalue weighted by atomic mass is 10.1. The van der Waals surface area contributed by atoms with Crippen LogP contribution in [0.2, 0.25) is 0 Å². The van der Waals surface area contributed by atoms with Gasteiger partial charge in [0, 0.05) is 12.2 Å². The van der Waals surface area contributed by atoms with Gasteiger partial charge in [0.15, 0.2) is 6.10 Å². The second-order valence-electron chi connectivity index (χ2n) is 7.53. The highest BCUT2D eigenvalue weighted by Gasteiger charge is 2.38. The number of hydrogen-bond donors (Lipinski definition) is 0. The van der Waals surface area contributed by atoms with E-state index in [4.69, 9.17) is 9.47 Å². The Hall–Kier alpha value is -3.39. The highest BCUT2D eigenvalue weighted by molar-refractivity contribution is 6.22. The van der Waals surface area contributed by atoms with Gasteiger partial charge >= 0.3 is 5.97 Å². The molecule has 1 saturated heterocycles. The van der Waals surface area contributed by atoms with Crippen molar-refractivity contribution in [2.45, 2.75) is 32.0 Å². The molecule has 0 radical (unpaired) electrons. The molecule has 31 heavy (non-hydrogen) atoms. The smallest absolute Gasteiger partial charge is 0.338 e. The van der Waals surface area contributed by atoms with Crippen molar-refractivity contribution < 1.29 is 33.0 Å². The molecule has 1 fully saturated rings. The van der Waals surface area contributed by atoms with Crippen LogP contribution in [0.1, 0.15) is 61.2 Å². The summed E-state index contributed by atoms with van der Waals surface area (Å²) >= 11 is 0. The van der Waals surface area contributed by atoms with Crippen molar-refractivity contribution in [3.63, 3.8) is 0 Å². The second-order valence-corrected chi connectivity index (χ2v) is 7.53. The molecule has 0 spiro atoms. The third kappa shape index (κ3) is 4.11. The summed E-state index contributed by atoms with van der Waals surface area (Å²) in [6.07, 6.45) is 0.383. The first-order valence-corrected chi connectivity index (χ1v) is 9.98. The first kappa shape index (κ1) is 20.9. The number of hydrogen-bond acceptors (Lipinski definition) is 6. The van der Waals surface area contributed by atoms with Gasteiger partial charge in [-0.05, 0) is 62.2 Å². The molecule has 2 heterocycles. The molecule has 2 aliphatic heterocycles. The predicted octanol–water partition coefficient (Wildman–Crippen LogP) is 3.03. The van der Waals surface area contributed by atoms with Crippen LogP contribution < -0.4 is 0 Å². The van der Waals surface area contributed by atoms with E-state index in [2.05, 4.69) is 0 Å². The van der Waals surface area contributed by atoms with Crippen LogP contribution in [0.4, 0.5) is 4.39 Å². The number of Topliss-reactive ketones (excluding diaryl/α,β-unsaturated/α-hetero) is 1. The molecule has 160 valence electrons. The average molecular weight is 425 g/mol. The fourth-order valence-corrected chi connectivity index (χ4v) is 3.71. The minimum absolute atomic E-state index is 0.0534. The van der Waals surface area contributed by atoms with E-state index in [-0.39, 0.29) is 34.9 Å². The minimum atomic E-state index is -1.11. The highest BCUT2D eigenvalue weighted by Crippen LogP contribution is 2.26. The van der Waals surface area contributed by atoms with Gasteiger partial charge in [-0.2, -0.15) is 0 Å². The summed E-state index contributed by atoms with van der Waals surface area (Å²) in [4.78, 5) is 51.4. The van der Waals surface area contributed by atoms with Gasteiger partial charge in [0.1, 0.15) is 5.82 Å². The zero-order valence-electron chi connectivity index (χ0n) is 16.8. The van der Waals surface area contributed by atoms with Gasteiger partial charge in [0.25, 0.3) is 11.8 Å². The molecule has 0 aliphatic carbocycles. The van der Waals surface area contributed by atoms with Crippen molar-refractivity contribution in [1.29, 1.82) is 0 Å². The molecule has 7 nitrogen and oxygen atoms in total. The van der Waals surface area contributed by atoms with Gasteiger partial charge in [-0.25, -0.2) is 9.18 Å². The number of amides is 2. The molecule has 2 aromatic carbocycles. The number of nitrogens with zero attached hydrogens (tertiary/aromatic N) is 1. The van der Waals surface area contributed by atoms with Gasteiger partial charge in [0.05, 0.1) is 29.3 Å². The van der Waals surface area contributed by atoms with E-state index in [1.165, 1.54) is 37.3 Å². The lowest BCUT2D eigenvalue weighted by Crippen LogP contribution is -2.36. The highest BCUT2D eigenvalue weighted by atomic mass is 19.1. The van der Waals surface area contributed by atoms with E-state index in [9.17, 15) is 23.6 Å². The maximum absolute atomic E-state index is 13.0.